The molecule has 164 valence electrons. The molecule has 2 aromatic carbocycles. The number of H-pyrrole nitrogens is 1. The van der Waals surface area contributed by atoms with Crippen LogP contribution in [0.2, 0.25) is 0 Å². The summed E-state index contributed by atoms with van der Waals surface area (Å²) in [5, 5.41) is 2.69. The highest BCUT2D eigenvalue weighted by atomic mass is 32.2. The number of carbonyl (C=O) groups is 2. The SMILES string of the molecule is COc1ccc(C(=O)Nc2c(N)nc(SCC(=O)N3CCc4ccccc43)[nH]c2=O)cc1. The van der Waals surface area contributed by atoms with Crippen molar-refractivity contribution < 1.29 is 14.3 Å². The number of ether oxygens (including phenoxy) is 1. The molecule has 4 N–H and O–H groups in total. The zero-order chi connectivity index (χ0) is 22.7. The molecule has 10 heteroatoms. The second kappa shape index (κ2) is 9.15. The van der Waals surface area contributed by atoms with E-state index in [-0.39, 0.29) is 28.3 Å². The van der Waals surface area contributed by atoms with Gasteiger partial charge in [0.2, 0.25) is 5.91 Å². The number of fused-ring (bicyclic) bond motifs is 1. The lowest BCUT2D eigenvalue weighted by Gasteiger charge is -2.17. The molecule has 0 radical (unpaired) electrons. The molecule has 32 heavy (non-hydrogen) atoms. The van der Waals surface area contributed by atoms with Gasteiger partial charge in [-0.3, -0.25) is 19.4 Å². The van der Waals surface area contributed by atoms with E-state index in [2.05, 4.69) is 15.3 Å². The predicted molar refractivity (Wildman–Crippen MR) is 123 cm³/mol. The molecule has 2 amide bonds. The number of nitrogens with one attached hydrogen (secondary N) is 2. The maximum absolute atomic E-state index is 12.7. The van der Waals surface area contributed by atoms with Crippen LogP contribution in [-0.2, 0) is 11.2 Å². The molecule has 0 aliphatic carbocycles. The van der Waals surface area contributed by atoms with Gasteiger partial charge in [0.25, 0.3) is 11.5 Å². The summed E-state index contributed by atoms with van der Waals surface area (Å²) in [6.45, 7) is 0.626. The van der Waals surface area contributed by atoms with E-state index in [1.807, 2.05) is 24.3 Å². The van der Waals surface area contributed by atoms with Crippen molar-refractivity contribution in [3.63, 3.8) is 0 Å². The molecule has 0 bridgehead atoms. The van der Waals surface area contributed by atoms with Gasteiger partial charge >= 0.3 is 0 Å². The third-order valence-electron chi connectivity index (χ3n) is 5.04. The number of nitrogen functional groups attached to an aromatic ring is 1. The number of para-hydroxylation sites is 1. The molecule has 0 saturated carbocycles. The van der Waals surface area contributed by atoms with Gasteiger partial charge in [-0.1, -0.05) is 30.0 Å². The van der Waals surface area contributed by atoms with Crippen LogP contribution in [0.15, 0.2) is 58.5 Å². The molecular weight excluding hydrogens is 430 g/mol. The summed E-state index contributed by atoms with van der Waals surface area (Å²) in [6.07, 6.45) is 0.817. The Labute approximate surface area is 188 Å². The molecule has 0 atom stereocenters. The molecule has 0 fully saturated rings. The molecule has 2 heterocycles. The van der Waals surface area contributed by atoms with Crippen molar-refractivity contribution in [1.29, 1.82) is 0 Å². The van der Waals surface area contributed by atoms with Gasteiger partial charge in [0.1, 0.15) is 11.4 Å². The minimum atomic E-state index is -0.596. The summed E-state index contributed by atoms with van der Waals surface area (Å²) >= 11 is 1.08. The number of aromatic amines is 1. The van der Waals surface area contributed by atoms with Crippen molar-refractivity contribution in [2.75, 3.05) is 35.4 Å². The second-order valence-corrected chi connectivity index (χ2v) is 7.99. The number of hydrogen-bond acceptors (Lipinski definition) is 7. The lowest BCUT2D eigenvalue weighted by Crippen LogP contribution is -2.30. The molecule has 4 rings (SSSR count). The minimum absolute atomic E-state index is 0.0851. The topological polar surface area (TPSA) is 130 Å². The number of carbonyl (C=O) groups excluding carboxylic acids is 2. The van der Waals surface area contributed by atoms with E-state index >= 15 is 0 Å². The smallest absolute Gasteiger partial charge is 0.277 e. The first-order chi connectivity index (χ1) is 15.5. The normalized spacial score (nSPS) is 12.3. The number of benzene rings is 2. The summed E-state index contributed by atoms with van der Waals surface area (Å²) in [7, 11) is 1.53. The molecule has 0 unspecified atom stereocenters. The van der Waals surface area contributed by atoms with Crippen LogP contribution in [0.5, 0.6) is 5.75 Å². The second-order valence-electron chi connectivity index (χ2n) is 7.03. The Morgan fingerprint density at radius 3 is 2.69 bits per heavy atom. The van der Waals surface area contributed by atoms with Crippen LogP contribution in [-0.4, -0.2) is 41.2 Å². The van der Waals surface area contributed by atoms with E-state index < -0.39 is 11.5 Å². The highest BCUT2D eigenvalue weighted by Gasteiger charge is 2.24. The fourth-order valence-electron chi connectivity index (χ4n) is 3.39. The summed E-state index contributed by atoms with van der Waals surface area (Å²) in [6, 6.07) is 14.2. The predicted octanol–water partition coefficient (Wildman–Crippen LogP) is 2.29. The average molecular weight is 452 g/mol. The van der Waals surface area contributed by atoms with Crippen molar-refractivity contribution in [1.82, 2.24) is 9.97 Å². The minimum Gasteiger partial charge on any atom is -0.497 e. The molecule has 9 nitrogen and oxygen atoms in total. The number of rotatable bonds is 6. The van der Waals surface area contributed by atoms with Gasteiger partial charge in [-0.2, -0.15) is 0 Å². The summed E-state index contributed by atoms with van der Waals surface area (Å²) in [5.41, 5.74) is 7.55. The van der Waals surface area contributed by atoms with Crippen LogP contribution < -0.4 is 26.2 Å². The molecule has 1 aliphatic heterocycles. The van der Waals surface area contributed by atoms with Crippen molar-refractivity contribution in [3.8, 4) is 5.75 Å². The van der Waals surface area contributed by atoms with E-state index in [0.717, 1.165) is 29.4 Å². The van der Waals surface area contributed by atoms with Crippen LogP contribution in [0.1, 0.15) is 15.9 Å². The van der Waals surface area contributed by atoms with Gasteiger partial charge in [-0.25, -0.2) is 4.98 Å². The molecule has 1 aliphatic rings. The third-order valence-corrected chi connectivity index (χ3v) is 5.90. The zero-order valence-electron chi connectivity index (χ0n) is 17.3. The summed E-state index contributed by atoms with van der Waals surface area (Å²) in [5.74, 6) is -0.0205. The van der Waals surface area contributed by atoms with Gasteiger partial charge < -0.3 is 20.7 Å². The Morgan fingerprint density at radius 2 is 1.97 bits per heavy atom. The van der Waals surface area contributed by atoms with Crippen molar-refractivity contribution in [2.24, 2.45) is 0 Å². The van der Waals surface area contributed by atoms with Gasteiger partial charge in [0, 0.05) is 17.8 Å². The van der Waals surface area contributed by atoms with E-state index in [1.165, 1.54) is 7.11 Å². The number of methoxy groups -OCH3 is 1. The van der Waals surface area contributed by atoms with E-state index in [0.29, 0.717) is 17.9 Å². The average Bonchev–Trinajstić information content (AvgIpc) is 3.24. The van der Waals surface area contributed by atoms with Crippen molar-refractivity contribution in [3.05, 3.63) is 70.0 Å². The van der Waals surface area contributed by atoms with E-state index in [9.17, 15) is 14.4 Å². The number of nitrogens with two attached hydrogens (primary N) is 1. The first kappa shape index (κ1) is 21.4. The third kappa shape index (κ3) is 4.45. The summed E-state index contributed by atoms with van der Waals surface area (Å²) in [4.78, 5) is 46.0. The Kier molecular flexibility index (Phi) is 6.13. The fourth-order valence-corrected chi connectivity index (χ4v) is 4.14. The van der Waals surface area contributed by atoms with Crippen LogP contribution in [0.3, 0.4) is 0 Å². The maximum Gasteiger partial charge on any atom is 0.277 e. The molecule has 3 aromatic rings. The quantitative estimate of drug-likeness (QED) is 0.387. The standard InChI is InChI=1S/C22H21N5O4S/c1-31-15-8-6-14(7-9-15)20(29)24-18-19(23)25-22(26-21(18)30)32-12-17(28)27-11-10-13-4-2-3-5-16(13)27/h2-9H,10-12H2,1H3,(H,24,29)(H3,23,25,26,30). The van der Waals surface area contributed by atoms with Gasteiger partial charge in [-0.15, -0.1) is 0 Å². The molecular formula is C22H21N5O4S. The molecule has 0 spiro atoms. The number of nitrogens with zero attached hydrogens (tertiary/aromatic N) is 2. The fraction of sp³-hybridized carbons (Fsp3) is 0.182. The van der Waals surface area contributed by atoms with Gasteiger partial charge in [-0.05, 0) is 42.3 Å². The number of hydrogen-bond donors (Lipinski definition) is 3. The van der Waals surface area contributed by atoms with Crippen LogP contribution in [0.25, 0.3) is 0 Å². The lowest BCUT2D eigenvalue weighted by atomic mass is 10.2. The number of thioether (sulfide) groups is 1. The first-order valence-electron chi connectivity index (χ1n) is 9.82. The van der Waals surface area contributed by atoms with E-state index in [1.54, 1.807) is 29.2 Å². The number of amides is 2. The van der Waals surface area contributed by atoms with Crippen molar-refractivity contribution >= 4 is 40.8 Å². The lowest BCUT2D eigenvalue weighted by molar-refractivity contribution is -0.116. The Hall–Kier alpha value is -3.79. The number of aromatic nitrogens is 2. The molecule has 1 aromatic heterocycles. The van der Waals surface area contributed by atoms with Crippen LogP contribution in [0.4, 0.5) is 17.2 Å². The maximum atomic E-state index is 12.7. The van der Waals surface area contributed by atoms with Gasteiger partial charge in [0.15, 0.2) is 11.0 Å². The van der Waals surface area contributed by atoms with Crippen LogP contribution in [0, 0.1) is 0 Å². The van der Waals surface area contributed by atoms with Gasteiger partial charge in [0.05, 0.1) is 12.9 Å². The van der Waals surface area contributed by atoms with Crippen molar-refractivity contribution in [2.45, 2.75) is 11.6 Å². The van der Waals surface area contributed by atoms with Crippen LogP contribution >= 0.6 is 11.8 Å². The molecule has 0 saturated heterocycles. The largest absolute Gasteiger partial charge is 0.497 e. The zero-order valence-corrected chi connectivity index (χ0v) is 18.1. The Bertz CT molecular complexity index is 1230. The highest BCUT2D eigenvalue weighted by Crippen LogP contribution is 2.28. The Morgan fingerprint density at radius 1 is 1.22 bits per heavy atom. The first-order valence-corrected chi connectivity index (χ1v) is 10.8. The highest BCUT2D eigenvalue weighted by molar-refractivity contribution is 7.99. The Balaban J connectivity index is 1.42. The summed E-state index contributed by atoms with van der Waals surface area (Å²) < 4.78 is 5.06. The van der Waals surface area contributed by atoms with E-state index in [4.69, 9.17) is 10.5 Å². The monoisotopic (exact) mass is 451 g/mol. The number of anilines is 3.